The van der Waals surface area contributed by atoms with Gasteiger partial charge in [0.2, 0.25) is 11.8 Å². The van der Waals surface area contributed by atoms with Gasteiger partial charge in [0, 0.05) is 50.6 Å². The second-order valence-electron chi connectivity index (χ2n) is 12.0. The zero-order valence-electron chi connectivity index (χ0n) is 27.6. The molecule has 1 aliphatic heterocycles. The van der Waals surface area contributed by atoms with E-state index in [1.807, 2.05) is 85.0 Å². The molecule has 0 atom stereocenters. The number of hydrogen-bond acceptors (Lipinski definition) is 8. The van der Waals surface area contributed by atoms with Crippen LogP contribution < -0.4 is 10.6 Å². The van der Waals surface area contributed by atoms with Crippen molar-refractivity contribution in [1.29, 1.82) is 0 Å². The Hall–Kier alpha value is -3.90. The second-order valence-corrected chi connectivity index (χ2v) is 12.0. The fourth-order valence-electron chi connectivity index (χ4n) is 5.63. The molecule has 10 nitrogen and oxygen atoms in total. The van der Waals surface area contributed by atoms with Gasteiger partial charge in [0.15, 0.2) is 0 Å². The lowest BCUT2D eigenvalue weighted by Crippen LogP contribution is -2.32. The van der Waals surface area contributed by atoms with Crippen LogP contribution in [0.1, 0.15) is 11.1 Å². The van der Waals surface area contributed by atoms with Gasteiger partial charge in [0.1, 0.15) is 0 Å². The van der Waals surface area contributed by atoms with Gasteiger partial charge in [0.25, 0.3) is 0 Å². The highest BCUT2D eigenvalue weighted by Gasteiger charge is 2.16. The first-order valence-corrected chi connectivity index (χ1v) is 16.9. The van der Waals surface area contributed by atoms with E-state index in [4.69, 9.17) is 18.9 Å². The van der Waals surface area contributed by atoms with Crippen molar-refractivity contribution >= 4 is 23.2 Å². The number of amides is 2. The van der Waals surface area contributed by atoms with Crippen LogP contribution >= 0.6 is 0 Å². The summed E-state index contributed by atoms with van der Waals surface area (Å²) in [5, 5.41) is 6.05. The Kier molecular flexibility index (Phi) is 14.6. The third kappa shape index (κ3) is 12.3. The van der Waals surface area contributed by atoms with Gasteiger partial charge in [0.05, 0.1) is 64.7 Å². The maximum atomic E-state index is 12.5. The summed E-state index contributed by atoms with van der Waals surface area (Å²) in [6.07, 6.45) is 15.1. The zero-order chi connectivity index (χ0) is 33.2. The molecule has 0 aromatic heterocycles. The molecule has 3 aliphatic rings. The predicted octanol–water partition coefficient (Wildman–Crippen LogP) is 4.43. The molecule has 0 bridgehead atoms. The largest absolute Gasteiger partial charge is 0.378 e. The molecule has 2 amide bonds. The summed E-state index contributed by atoms with van der Waals surface area (Å²) in [7, 11) is 0. The van der Waals surface area contributed by atoms with Gasteiger partial charge in [-0.15, -0.1) is 0 Å². The third-order valence-corrected chi connectivity index (χ3v) is 8.25. The molecule has 2 N–H and O–H groups in total. The van der Waals surface area contributed by atoms with Gasteiger partial charge in [-0.2, -0.15) is 0 Å². The number of nitrogens with one attached hydrogen (secondary N) is 2. The summed E-state index contributed by atoms with van der Waals surface area (Å²) >= 11 is 0. The first-order chi connectivity index (χ1) is 23.6. The topological polar surface area (TPSA) is 102 Å². The molecule has 0 spiro atoms. The van der Waals surface area contributed by atoms with Gasteiger partial charge in [-0.25, -0.2) is 0 Å². The lowest BCUT2D eigenvalue weighted by Gasteiger charge is -2.24. The average molecular weight is 657 g/mol. The number of carbonyl (C=O) groups is 2. The molecule has 2 aliphatic carbocycles. The number of ether oxygens (including phenoxy) is 4. The minimum absolute atomic E-state index is 0.0324. The van der Waals surface area contributed by atoms with E-state index in [0.29, 0.717) is 65.9 Å². The Labute approximate surface area is 284 Å². The second kappa shape index (κ2) is 19.8. The monoisotopic (exact) mass is 656 g/mol. The maximum absolute atomic E-state index is 12.5. The molecule has 1 fully saturated rings. The minimum atomic E-state index is -0.220. The fraction of sp³-hybridized carbons (Fsp3) is 0.421. The molecule has 48 heavy (non-hydrogen) atoms. The molecule has 2 aromatic carbocycles. The minimum Gasteiger partial charge on any atom is -0.378 e. The summed E-state index contributed by atoms with van der Waals surface area (Å²) in [6.45, 7) is 8.81. The Morgan fingerprint density at radius 2 is 0.896 bits per heavy atom. The van der Waals surface area contributed by atoms with Crippen LogP contribution in [-0.4, -0.2) is 101 Å². The molecule has 0 unspecified atom stereocenters. The number of carbonyl (C=O) groups excluding carboxylic acids is 2. The molecule has 2 aromatic rings. The van der Waals surface area contributed by atoms with E-state index in [-0.39, 0.29) is 23.7 Å². The van der Waals surface area contributed by atoms with Crippen molar-refractivity contribution in [2.45, 2.75) is 13.1 Å². The summed E-state index contributed by atoms with van der Waals surface area (Å²) in [4.78, 5) is 29.7. The van der Waals surface area contributed by atoms with E-state index >= 15 is 0 Å². The lowest BCUT2D eigenvalue weighted by atomic mass is 10.1. The number of anilines is 2. The number of nitrogens with zero attached hydrogens (tertiary/aromatic N) is 2. The molecule has 256 valence electrons. The van der Waals surface area contributed by atoms with Crippen molar-refractivity contribution in [1.82, 2.24) is 9.80 Å². The van der Waals surface area contributed by atoms with E-state index in [1.165, 1.54) is 0 Å². The molecular weight excluding hydrogens is 608 g/mol. The Balaban J connectivity index is 1.06. The van der Waals surface area contributed by atoms with Crippen molar-refractivity contribution in [2.75, 3.05) is 89.7 Å². The van der Waals surface area contributed by atoms with Gasteiger partial charge in [-0.1, -0.05) is 72.9 Å². The summed E-state index contributed by atoms with van der Waals surface area (Å²) in [6, 6.07) is 16.0. The van der Waals surface area contributed by atoms with Crippen LogP contribution in [0.5, 0.6) is 0 Å². The number of hydrogen-bond donors (Lipinski definition) is 2. The van der Waals surface area contributed by atoms with E-state index in [0.717, 1.165) is 48.7 Å². The summed E-state index contributed by atoms with van der Waals surface area (Å²) < 4.78 is 23.7. The smallest absolute Gasteiger partial charge is 0.235 e. The highest BCUT2D eigenvalue weighted by atomic mass is 16.5. The van der Waals surface area contributed by atoms with Gasteiger partial charge in [-0.05, 0) is 35.4 Å². The van der Waals surface area contributed by atoms with Crippen LogP contribution in [0.3, 0.4) is 0 Å². The highest BCUT2D eigenvalue weighted by Crippen LogP contribution is 2.18. The molecule has 5 rings (SSSR count). The first kappa shape index (κ1) is 35.4. The molecule has 1 saturated heterocycles. The highest BCUT2D eigenvalue weighted by molar-refractivity contribution is 5.96. The van der Waals surface area contributed by atoms with Crippen molar-refractivity contribution in [3.8, 4) is 0 Å². The lowest BCUT2D eigenvalue weighted by molar-refractivity contribution is -0.118. The number of rotatable bonds is 8. The van der Waals surface area contributed by atoms with Crippen LogP contribution in [0.15, 0.2) is 97.1 Å². The van der Waals surface area contributed by atoms with Crippen molar-refractivity contribution in [2.24, 2.45) is 11.8 Å². The average Bonchev–Trinajstić information content (AvgIpc) is 3.83. The zero-order valence-corrected chi connectivity index (χ0v) is 27.6. The van der Waals surface area contributed by atoms with E-state index in [9.17, 15) is 9.59 Å². The van der Waals surface area contributed by atoms with Gasteiger partial charge in [-0.3, -0.25) is 19.4 Å². The van der Waals surface area contributed by atoms with Crippen LogP contribution in [0.2, 0.25) is 0 Å². The SMILES string of the molecule is O=C(Nc1cccc(CN2CCOCCOCCN(Cc3cccc(NC(=O)C4C=CC=C4)c3)CCOCCOCC2)c1)C1C=CC=C1. The standard InChI is InChI=1S/C38H48N4O6/c43-37(33-9-1-2-10-33)39-35-13-5-7-31(27-35)29-41-15-19-45-23-25-47-21-17-42(18-22-48-26-24-46-20-16-41)30-32-8-6-14-36(28-32)40-38(44)34-11-3-4-12-34/h1-14,27-28,33-34H,15-26,29-30H2,(H,39,43)(H,40,44). The molecule has 1 heterocycles. The predicted molar refractivity (Wildman–Crippen MR) is 188 cm³/mol. The summed E-state index contributed by atoms with van der Waals surface area (Å²) in [5.74, 6) is -0.505. The van der Waals surface area contributed by atoms with E-state index < -0.39 is 0 Å². The van der Waals surface area contributed by atoms with E-state index in [2.05, 4.69) is 32.6 Å². The van der Waals surface area contributed by atoms with E-state index in [1.54, 1.807) is 0 Å². The van der Waals surface area contributed by atoms with Crippen molar-refractivity contribution < 1.29 is 28.5 Å². The Morgan fingerprint density at radius 3 is 1.25 bits per heavy atom. The molecule has 0 saturated carbocycles. The van der Waals surface area contributed by atoms with Crippen LogP contribution in [0.25, 0.3) is 0 Å². The number of benzene rings is 2. The third-order valence-electron chi connectivity index (χ3n) is 8.25. The quantitative estimate of drug-likeness (QED) is 0.431. The molecule has 0 radical (unpaired) electrons. The fourth-order valence-corrected chi connectivity index (χ4v) is 5.63. The van der Waals surface area contributed by atoms with Crippen molar-refractivity contribution in [3.63, 3.8) is 0 Å². The number of allylic oxidation sites excluding steroid dienone is 4. The van der Waals surface area contributed by atoms with Gasteiger partial charge >= 0.3 is 0 Å². The molecule has 10 heteroatoms. The first-order valence-electron chi connectivity index (χ1n) is 16.9. The van der Waals surface area contributed by atoms with Crippen LogP contribution in [0, 0.1) is 11.8 Å². The van der Waals surface area contributed by atoms with Gasteiger partial charge < -0.3 is 29.6 Å². The Morgan fingerprint density at radius 1 is 0.542 bits per heavy atom. The molecular formula is C38H48N4O6. The maximum Gasteiger partial charge on any atom is 0.235 e. The Bertz CT molecular complexity index is 1290. The normalized spacial score (nSPS) is 19.7. The van der Waals surface area contributed by atoms with Crippen LogP contribution in [-0.2, 0) is 41.6 Å². The van der Waals surface area contributed by atoms with Crippen molar-refractivity contribution in [3.05, 3.63) is 108 Å². The summed E-state index contributed by atoms with van der Waals surface area (Å²) in [5.41, 5.74) is 3.80. The van der Waals surface area contributed by atoms with Crippen LogP contribution in [0.4, 0.5) is 11.4 Å².